The molecule has 1 fully saturated rings. The van der Waals surface area contributed by atoms with E-state index in [9.17, 15) is 29.7 Å². The Labute approximate surface area is 267 Å². The first kappa shape index (κ1) is 36.8. The van der Waals surface area contributed by atoms with Crippen LogP contribution < -0.4 is 5.32 Å². The van der Waals surface area contributed by atoms with Gasteiger partial charge in [0.05, 0.1) is 18.3 Å². The minimum absolute atomic E-state index is 0.00890. The number of aliphatic hydroxyl groups excluding tert-OH is 3. The lowest BCUT2D eigenvalue weighted by Crippen LogP contribution is -2.49. The molecule has 0 aromatic carbocycles. The lowest BCUT2D eigenvalue weighted by Gasteiger charge is -2.37. The van der Waals surface area contributed by atoms with Crippen molar-refractivity contribution in [2.45, 2.75) is 141 Å². The number of fused-ring (bicyclic) bond motifs is 1. The van der Waals surface area contributed by atoms with Crippen molar-refractivity contribution in [3.63, 3.8) is 0 Å². The molecule has 1 aliphatic carbocycles. The summed E-state index contributed by atoms with van der Waals surface area (Å²) in [5.41, 5.74) is 1.00. The first-order valence-electron chi connectivity index (χ1n) is 16.5. The van der Waals surface area contributed by atoms with Crippen LogP contribution >= 0.6 is 0 Å². The summed E-state index contributed by atoms with van der Waals surface area (Å²) in [7, 11) is 1.50. The Bertz CT molecular complexity index is 1130. The number of unbranched alkanes of at least 4 members (excludes halogenated alkanes) is 3. The Morgan fingerprint density at radius 3 is 2.53 bits per heavy atom. The summed E-state index contributed by atoms with van der Waals surface area (Å²) >= 11 is 0. The quantitative estimate of drug-likeness (QED) is 0.280. The molecule has 0 radical (unpaired) electrons. The second kappa shape index (κ2) is 18.5. The van der Waals surface area contributed by atoms with Crippen LogP contribution in [0.3, 0.4) is 0 Å². The molecule has 1 amide bonds. The fourth-order valence-corrected chi connectivity index (χ4v) is 6.31. The first-order valence-corrected chi connectivity index (χ1v) is 16.5. The highest BCUT2D eigenvalue weighted by atomic mass is 16.7. The monoisotopic (exact) mass is 631 g/mol. The second-order valence-electron chi connectivity index (χ2n) is 12.6. The predicted octanol–water partition coefficient (Wildman–Crippen LogP) is 4.69. The van der Waals surface area contributed by atoms with Crippen molar-refractivity contribution >= 4 is 17.5 Å². The van der Waals surface area contributed by atoms with Crippen molar-refractivity contribution in [2.24, 2.45) is 5.92 Å². The van der Waals surface area contributed by atoms with Crippen LogP contribution in [-0.2, 0) is 28.6 Å². The van der Waals surface area contributed by atoms with E-state index in [0.717, 1.165) is 37.7 Å². The maximum atomic E-state index is 13.5. The van der Waals surface area contributed by atoms with Gasteiger partial charge in [-0.15, -0.1) is 0 Å². The van der Waals surface area contributed by atoms with Gasteiger partial charge in [-0.25, -0.2) is 0 Å². The minimum atomic E-state index is -0.974. The molecule has 0 unspecified atom stereocenters. The van der Waals surface area contributed by atoms with Crippen LogP contribution in [-0.4, -0.2) is 82.8 Å². The van der Waals surface area contributed by atoms with Crippen LogP contribution in [0, 0.1) is 5.92 Å². The van der Waals surface area contributed by atoms with Crippen LogP contribution in [0.25, 0.3) is 0 Å². The number of carbonyl (C=O) groups is 3. The fourth-order valence-electron chi connectivity index (χ4n) is 6.31. The van der Waals surface area contributed by atoms with Crippen molar-refractivity contribution in [3.05, 3.63) is 47.3 Å². The number of allylic oxidation sites excluding steroid dienone is 6. The van der Waals surface area contributed by atoms with Crippen molar-refractivity contribution in [3.8, 4) is 0 Å². The Morgan fingerprint density at radius 1 is 1.04 bits per heavy atom. The molecule has 0 spiro atoms. The van der Waals surface area contributed by atoms with Crippen LogP contribution in [0.1, 0.15) is 97.8 Å². The molecule has 2 aliphatic heterocycles. The van der Waals surface area contributed by atoms with E-state index in [1.54, 1.807) is 19.1 Å². The average Bonchev–Trinajstić information content (AvgIpc) is 3.28. The summed E-state index contributed by atoms with van der Waals surface area (Å²) in [6.07, 6.45) is 10.5. The van der Waals surface area contributed by atoms with E-state index in [4.69, 9.17) is 14.2 Å². The molecule has 2 heterocycles. The number of nitrogens with one attached hydrogen (secondary N) is 1. The maximum absolute atomic E-state index is 13.5. The molecule has 0 saturated carbocycles. The third-order valence-corrected chi connectivity index (χ3v) is 8.81. The molecule has 0 aromatic heterocycles. The Morgan fingerprint density at radius 2 is 1.80 bits per heavy atom. The number of rotatable bonds is 8. The molecular formula is C35H53NO9. The number of amides is 1. The van der Waals surface area contributed by atoms with Crippen molar-refractivity contribution in [2.75, 3.05) is 7.11 Å². The van der Waals surface area contributed by atoms with E-state index in [1.165, 1.54) is 13.2 Å². The Hall–Kier alpha value is -2.63. The summed E-state index contributed by atoms with van der Waals surface area (Å²) < 4.78 is 17.3. The zero-order valence-electron chi connectivity index (χ0n) is 27.3. The van der Waals surface area contributed by atoms with Gasteiger partial charge in [-0.2, -0.15) is 0 Å². The van der Waals surface area contributed by atoms with Gasteiger partial charge < -0.3 is 34.8 Å². The van der Waals surface area contributed by atoms with Gasteiger partial charge in [0.1, 0.15) is 23.8 Å². The van der Waals surface area contributed by atoms with Gasteiger partial charge in [-0.05, 0) is 39.5 Å². The smallest absolute Gasteiger partial charge is 0.244 e. The molecule has 3 aliphatic rings. The zero-order chi connectivity index (χ0) is 32.9. The minimum Gasteiger partial charge on any atom is -0.509 e. The first-order chi connectivity index (χ1) is 21.5. The molecule has 4 N–H and O–H groups in total. The van der Waals surface area contributed by atoms with Crippen molar-refractivity contribution < 1.29 is 43.9 Å². The molecule has 45 heavy (non-hydrogen) atoms. The maximum Gasteiger partial charge on any atom is 0.244 e. The lowest BCUT2D eigenvalue weighted by molar-refractivity contribution is -0.261. The predicted molar refractivity (Wildman–Crippen MR) is 170 cm³/mol. The van der Waals surface area contributed by atoms with E-state index in [-0.39, 0.29) is 73.4 Å². The van der Waals surface area contributed by atoms with Gasteiger partial charge in [-0.3, -0.25) is 14.4 Å². The number of hydrogen-bond acceptors (Lipinski definition) is 9. The van der Waals surface area contributed by atoms with Gasteiger partial charge in [0.2, 0.25) is 5.91 Å². The van der Waals surface area contributed by atoms with E-state index in [0.29, 0.717) is 6.42 Å². The molecule has 1 saturated heterocycles. The van der Waals surface area contributed by atoms with Gasteiger partial charge in [0.25, 0.3) is 0 Å². The van der Waals surface area contributed by atoms with E-state index in [2.05, 4.69) is 12.2 Å². The van der Waals surface area contributed by atoms with E-state index in [1.807, 2.05) is 19.1 Å². The molecule has 10 nitrogen and oxygen atoms in total. The Kier molecular flexibility index (Phi) is 15.1. The standard InChI is InChI=1S/C35H53NO9/c1-5-6-7-8-13-25-19-26(37)14-11-15-27(38)20-28(39)33-24(17-22(2)12-9-10-16-31(40)36-25)18-30(35(33)42)45-32-21-29(43-4)34(41)23(3)44-32/h9-10,12,16-17,23-25,27,29-30,32,34,38,41-42H,5-8,11,13-15,18-21H2,1-4H3,(H,36,40)/b12-9+,16-10+,22-17+/t23-,24+,25+,27+,29-,30+,32+,34+/m0/s1. The van der Waals surface area contributed by atoms with Crippen LogP contribution in [0.2, 0.25) is 0 Å². The summed E-state index contributed by atoms with van der Waals surface area (Å²) in [5, 5.41) is 35.2. The number of carbonyl (C=O) groups excluding carboxylic acids is 3. The highest BCUT2D eigenvalue weighted by Gasteiger charge is 2.42. The summed E-state index contributed by atoms with van der Waals surface area (Å²) in [4.78, 5) is 38.9. The molecule has 0 bridgehead atoms. The molecular weight excluding hydrogens is 578 g/mol. The number of hydrogen-bond donors (Lipinski definition) is 4. The van der Waals surface area contributed by atoms with Gasteiger partial charge in [-0.1, -0.05) is 62.5 Å². The van der Waals surface area contributed by atoms with Crippen LogP contribution in [0.15, 0.2) is 47.3 Å². The van der Waals surface area contributed by atoms with Crippen LogP contribution in [0.4, 0.5) is 0 Å². The number of aliphatic hydroxyl groups is 3. The van der Waals surface area contributed by atoms with Crippen molar-refractivity contribution in [1.29, 1.82) is 0 Å². The molecule has 252 valence electrons. The number of methoxy groups -OCH3 is 1. The molecule has 10 heteroatoms. The fraction of sp³-hybridized carbons (Fsp3) is 0.686. The van der Waals surface area contributed by atoms with E-state index >= 15 is 0 Å². The van der Waals surface area contributed by atoms with Crippen LogP contribution in [0.5, 0.6) is 0 Å². The molecule has 3 rings (SSSR count). The normalized spacial score (nSPS) is 35.4. The highest BCUT2D eigenvalue weighted by Crippen LogP contribution is 2.38. The third-order valence-electron chi connectivity index (χ3n) is 8.81. The Balaban J connectivity index is 1.79. The van der Waals surface area contributed by atoms with Gasteiger partial charge in [0.15, 0.2) is 12.1 Å². The van der Waals surface area contributed by atoms with Crippen molar-refractivity contribution in [1.82, 2.24) is 5.32 Å². The number of Topliss-reactive ketones (excluding diaryl/α,β-unsaturated/α-hetero) is 2. The highest BCUT2D eigenvalue weighted by molar-refractivity contribution is 5.97. The summed E-state index contributed by atoms with van der Waals surface area (Å²) in [6, 6.07) is -0.247. The lowest BCUT2D eigenvalue weighted by atomic mass is 9.92. The third kappa shape index (κ3) is 11.6. The topological polar surface area (TPSA) is 152 Å². The number of ketones is 2. The van der Waals surface area contributed by atoms with E-state index < -0.39 is 42.7 Å². The summed E-state index contributed by atoms with van der Waals surface area (Å²) in [6.45, 7) is 5.72. The zero-order valence-corrected chi connectivity index (χ0v) is 27.3. The van der Waals surface area contributed by atoms with Gasteiger partial charge in [0, 0.05) is 56.4 Å². The second-order valence-corrected chi connectivity index (χ2v) is 12.6. The SMILES string of the molecule is CCCCCC[C@@H]1CC(=O)CCC[C@@H](O)CC(=O)C2=C(O)[C@H](O[C@@H]3C[C@H](OC)[C@H](O)[C@H](C)O3)C[C@H]2/C=C(C)/C=C/C=C/C(=O)N1. The van der Waals surface area contributed by atoms with Gasteiger partial charge >= 0.3 is 0 Å². The largest absolute Gasteiger partial charge is 0.509 e. The molecule has 0 aromatic rings. The summed E-state index contributed by atoms with van der Waals surface area (Å²) in [5.74, 6) is -1.30. The average molecular weight is 632 g/mol. The number of ether oxygens (including phenoxy) is 3. The molecule has 8 atom stereocenters.